The highest BCUT2D eigenvalue weighted by molar-refractivity contribution is 6.24. The molecule has 6 heteroatoms. The van der Waals surface area contributed by atoms with Crippen LogP contribution in [0.5, 0.6) is 0 Å². The Morgan fingerprint density at radius 1 is 0.707 bits per heavy atom. The third-order valence-electron chi connectivity index (χ3n) is 8.04. The standard InChI is InChI=1S/C31H34N6.2C2H6.H2/c1-6-18(4)30-32-15-26(35-30)20-9-11-22-23-12-10-21(27-16-33-31(36-27)19(7-2)8-3)14-25(23)29-28(24(22)13-20)34-17-37(29)5;2*1-2;/h9-19H,6-8H2,1-5H3,(H,32,35)(H,33,36);2*1-2H3;1H. The number of nitrogens with zero attached hydrogens (tertiary/aromatic N) is 4. The predicted octanol–water partition coefficient (Wildman–Crippen LogP) is 10.4. The number of aromatic amines is 2. The van der Waals surface area contributed by atoms with Crippen molar-refractivity contribution >= 4 is 32.6 Å². The van der Waals surface area contributed by atoms with Crippen molar-refractivity contribution in [3.8, 4) is 22.5 Å². The van der Waals surface area contributed by atoms with Gasteiger partial charge in [-0.3, -0.25) is 0 Å². The number of hydrogen-bond donors (Lipinski definition) is 2. The molecule has 6 aromatic rings. The Balaban J connectivity index is 0.000000929. The minimum atomic E-state index is 0. The van der Waals surface area contributed by atoms with E-state index >= 15 is 0 Å². The second-order valence-electron chi connectivity index (χ2n) is 10.3. The highest BCUT2D eigenvalue weighted by Gasteiger charge is 2.17. The van der Waals surface area contributed by atoms with Crippen LogP contribution in [0.1, 0.15) is 99.6 Å². The maximum absolute atomic E-state index is 4.85. The molecular formula is C35H48N6. The van der Waals surface area contributed by atoms with Crippen molar-refractivity contribution in [2.45, 2.75) is 86.5 Å². The monoisotopic (exact) mass is 552 g/mol. The fourth-order valence-corrected chi connectivity index (χ4v) is 5.52. The first kappa shape index (κ1) is 30.0. The third-order valence-corrected chi connectivity index (χ3v) is 8.04. The van der Waals surface area contributed by atoms with Crippen molar-refractivity contribution in [1.29, 1.82) is 0 Å². The molecule has 0 spiro atoms. The van der Waals surface area contributed by atoms with E-state index in [1.165, 1.54) is 16.2 Å². The number of fused-ring (bicyclic) bond motifs is 6. The van der Waals surface area contributed by atoms with Crippen LogP contribution in [0.2, 0.25) is 0 Å². The summed E-state index contributed by atoms with van der Waals surface area (Å²) >= 11 is 0. The highest BCUT2D eigenvalue weighted by Crippen LogP contribution is 2.38. The lowest BCUT2D eigenvalue weighted by Crippen LogP contribution is -1.97. The summed E-state index contributed by atoms with van der Waals surface area (Å²) < 4.78 is 2.13. The first-order chi connectivity index (χ1) is 20.0. The third kappa shape index (κ3) is 5.52. The van der Waals surface area contributed by atoms with Crippen LogP contribution >= 0.6 is 0 Å². The summed E-state index contributed by atoms with van der Waals surface area (Å²) in [5.41, 5.74) is 6.55. The number of aryl methyl sites for hydroxylation is 1. The predicted molar refractivity (Wildman–Crippen MR) is 178 cm³/mol. The highest BCUT2D eigenvalue weighted by atomic mass is 15.0. The quantitative estimate of drug-likeness (QED) is 0.193. The van der Waals surface area contributed by atoms with Gasteiger partial charge in [0.2, 0.25) is 0 Å². The van der Waals surface area contributed by atoms with Crippen LogP contribution in [0.4, 0.5) is 0 Å². The van der Waals surface area contributed by atoms with E-state index < -0.39 is 0 Å². The fraction of sp³-hybridized carbons (Fsp3) is 0.400. The zero-order valence-electron chi connectivity index (χ0n) is 26.3. The van der Waals surface area contributed by atoms with Crippen LogP contribution in [0.3, 0.4) is 0 Å². The van der Waals surface area contributed by atoms with Crippen molar-refractivity contribution in [3.63, 3.8) is 0 Å². The first-order valence-corrected chi connectivity index (χ1v) is 15.4. The van der Waals surface area contributed by atoms with Crippen LogP contribution in [0.15, 0.2) is 55.1 Å². The maximum Gasteiger partial charge on any atom is 0.109 e. The summed E-state index contributed by atoms with van der Waals surface area (Å²) in [6.07, 6.45) is 9.07. The Kier molecular flexibility index (Phi) is 9.64. The van der Waals surface area contributed by atoms with Gasteiger partial charge in [-0.1, -0.05) is 79.7 Å². The van der Waals surface area contributed by atoms with Crippen LogP contribution in [0.25, 0.3) is 55.1 Å². The molecule has 218 valence electrons. The van der Waals surface area contributed by atoms with Crippen LogP contribution < -0.4 is 0 Å². The number of rotatable bonds is 7. The molecule has 3 aromatic heterocycles. The molecule has 2 N–H and O–H groups in total. The van der Waals surface area contributed by atoms with Crippen molar-refractivity contribution in [1.82, 2.24) is 29.5 Å². The lowest BCUT2D eigenvalue weighted by atomic mass is 9.95. The summed E-state index contributed by atoms with van der Waals surface area (Å²) in [7, 11) is 2.08. The summed E-state index contributed by atoms with van der Waals surface area (Å²) in [6, 6.07) is 13.4. The Bertz CT molecular complexity index is 1740. The Labute approximate surface area is 246 Å². The smallest absolute Gasteiger partial charge is 0.109 e. The van der Waals surface area contributed by atoms with E-state index in [0.29, 0.717) is 11.8 Å². The molecule has 1 unspecified atom stereocenters. The lowest BCUT2D eigenvalue weighted by molar-refractivity contribution is 0.609. The van der Waals surface area contributed by atoms with Gasteiger partial charge in [0.05, 0.1) is 41.1 Å². The molecule has 0 radical (unpaired) electrons. The molecule has 0 amide bonds. The van der Waals surface area contributed by atoms with E-state index in [9.17, 15) is 0 Å². The average Bonchev–Trinajstić information content (AvgIpc) is 3.80. The number of nitrogens with one attached hydrogen (secondary N) is 2. The Morgan fingerprint density at radius 2 is 1.24 bits per heavy atom. The van der Waals surface area contributed by atoms with E-state index in [2.05, 4.69) is 90.7 Å². The van der Waals surface area contributed by atoms with E-state index in [4.69, 9.17) is 9.97 Å². The van der Waals surface area contributed by atoms with E-state index in [0.717, 1.165) is 69.8 Å². The average molecular weight is 553 g/mol. The largest absolute Gasteiger partial charge is 0.342 e. The number of H-pyrrole nitrogens is 2. The van der Waals surface area contributed by atoms with Gasteiger partial charge in [0.25, 0.3) is 0 Å². The lowest BCUT2D eigenvalue weighted by Gasteiger charge is -2.11. The molecule has 6 rings (SSSR count). The molecule has 0 fully saturated rings. The molecule has 3 aromatic carbocycles. The molecule has 0 saturated heterocycles. The van der Waals surface area contributed by atoms with Gasteiger partial charge in [-0.05, 0) is 42.2 Å². The molecule has 3 heterocycles. The molecule has 0 aliphatic heterocycles. The number of aromatic nitrogens is 6. The molecule has 41 heavy (non-hydrogen) atoms. The van der Waals surface area contributed by atoms with Crippen LogP contribution in [0, 0.1) is 0 Å². The summed E-state index contributed by atoms with van der Waals surface area (Å²) in [5, 5.41) is 4.80. The number of benzene rings is 3. The van der Waals surface area contributed by atoms with Crippen molar-refractivity contribution in [2.24, 2.45) is 7.05 Å². The van der Waals surface area contributed by atoms with E-state index in [1.807, 2.05) is 46.4 Å². The minimum Gasteiger partial charge on any atom is -0.342 e. The van der Waals surface area contributed by atoms with Crippen LogP contribution in [-0.4, -0.2) is 29.5 Å². The summed E-state index contributed by atoms with van der Waals surface area (Å²) in [5.74, 6) is 2.99. The second-order valence-corrected chi connectivity index (χ2v) is 10.3. The van der Waals surface area contributed by atoms with Gasteiger partial charge in [0.15, 0.2) is 0 Å². The van der Waals surface area contributed by atoms with Gasteiger partial charge in [-0.2, -0.15) is 0 Å². The number of imidazole rings is 3. The molecule has 6 nitrogen and oxygen atoms in total. The summed E-state index contributed by atoms with van der Waals surface area (Å²) in [6.45, 7) is 16.8. The Morgan fingerprint density at radius 3 is 1.83 bits per heavy atom. The zero-order valence-corrected chi connectivity index (χ0v) is 26.3. The molecule has 0 aliphatic rings. The summed E-state index contributed by atoms with van der Waals surface area (Å²) in [4.78, 5) is 21.3. The molecule has 0 aliphatic carbocycles. The van der Waals surface area contributed by atoms with E-state index in [-0.39, 0.29) is 1.43 Å². The van der Waals surface area contributed by atoms with Gasteiger partial charge >= 0.3 is 0 Å². The molecule has 1 atom stereocenters. The normalized spacial score (nSPS) is 12.0. The number of hydrogen-bond acceptors (Lipinski definition) is 3. The zero-order chi connectivity index (χ0) is 29.7. The topological polar surface area (TPSA) is 75.2 Å². The Hall–Kier alpha value is -3.93. The van der Waals surface area contributed by atoms with Gasteiger partial charge in [0, 0.05) is 42.2 Å². The minimum absolute atomic E-state index is 0. The van der Waals surface area contributed by atoms with Crippen LogP contribution in [-0.2, 0) is 7.05 Å². The molecular weight excluding hydrogens is 504 g/mol. The van der Waals surface area contributed by atoms with Gasteiger partial charge in [-0.25, -0.2) is 15.0 Å². The maximum atomic E-state index is 4.85. The van der Waals surface area contributed by atoms with Gasteiger partial charge in [-0.15, -0.1) is 0 Å². The second kappa shape index (κ2) is 13.2. The first-order valence-electron chi connectivity index (χ1n) is 15.4. The van der Waals surface area contributed by atoms with Gasteiger partial charge in [0.1, 0.15) is 11.6 Å². The van der Waals surface area contributed by atoms with Gasteiger partial charge < -0.3 is 14.5 Å². The van der Waals surface area contributed by atoms with E-state index in [1.54, 1.807) is 0 Å². The fourth-order valence-electron chi connectivity index (χ4n) is 5.52. The SMILES string of the molecule is CC.CC.CCC(C)c1ncc(-c2ccc3c4ccc(-c5cnc(C(CC)CC)[nH]5)cc4c4c(ncn4C)c3c2)[nH]1.[HH]. The molecule has 0 bridgehead atoms. The van der Waals surface area contributed by atoms with Crippen molar-refractivity contribution in [2.75, 3.05) is 0 Å². The van der Waals surface area contributed by atoms with Crippen molar-refractivity contribution < 1.29 is 1.43 Å². The molecule has 0 saturated carbocycles. The van der Waals surface area contributed by atoms with Crippen molar-refractivity contribution in [3.05, 3.63) is 66.8 Å².